The van der Waals surface area contributed by atoms with Crippen molar-refractivity contribution in [3.63, 3.8) is 0 Å². The smallest absolute Gasteiger partial charge is 0.223 e. The van der Waals surface area contributed by atoms with Crippen LogP contribution >= 0.6 is 0 Å². The van der Waals surface area contributed by atoms with Gasteiger partial charge in [-0.2, -0.15) is 0 Å². The van der Waals surface area contributed by atoms with E-state index in [1.54, 1.807) is 0 Å². The molecule has 1 aromatic carbocycles. The summed E-state index contributed by atoms with van der Waals surface area (Å²) in [6, 6.07) is 10.4. The Bertz CT molecular complexity index is 527. The molecule has 2 fully saturated rings. The van der Waals surface area contributed by atoms with Crippen LogP contribution in [0.3, 0.4) is 0 Å². The molecular formula is C19H26N2O. The zero-order valence-electron chi connectivity index (χ0n) is 13.2. The van der Waals surface area contributed by atoms with Crippen LogP contribution in [0.4, 0.5) is 0 Å². The Kier molecular flexibility index (Phi) is 3.91. The standard InChI is InChI=1S/C19H26N2O/c22-19(21-16-8-9-16)15-6-3-7-17(12-15)20-18-10-13-4-1-2-5-14(13)11-18/h1-2,4-5,15-18,20H,3,6-12H2,(H,21,22)/t15-,17+/m1/s1. The summed E-state index contributed by atoms with van der Waals surface area (Å²) in [4.78, 5) is 12.3. The number of hydrogen-bond donors (Lipinski definition) is 2. The Morgan fingerprint density at radius 3 is 2.32 bits per heavy atom. The monoisotopic (exact) mass is 298 g/mol. The highest BCUT2D eigenvalue weighted by atomic mass is 16.2. The number of benzene rings is 1. The Morgan fingerprint density at radius 2 is 1.64 bits per heavy atom. The molecule has 3 heteroatoms. The van der Waals surface area contributed by atoms with Crippen molar-refractivity contribution in [1.29, 1.82) is 0 Å². The summed E-state index contributed by atoms with van der Waals surface area (Å²) >= 11 is 0. The second-order valence-electron chi connectivity index (χ2n) is 7.38. The van der Waals surface area contributed by atoms with Crippen molar-refractivity contribution in [3.05, 3.63) is 35.4 Å². The van der Waals surface area contributed by atoms with Crippen molar-refractivity contribution < 1.29 is 4.79 Å². The second-order valence-corrected chi connectivity index (χ2v) is 7.38. The number of nitrogens with one attached hydrogen (secondary N) is 2. The van der Waals surface area contributed by atoms with Crippen molar-refractivity contribution >= 4 is 5.91 Å². The fraction of sp³-hybridized carbons (Fsp3) is 0.632. The van der Waals surface area contributed by atoms with Crippen LogP contribution < -0.4 is 10.6 Å². The van der Waals surface area contributed by atoms with Crippen LogP contribution in [0.5, 0.6) is 0 Å². The fourth-order valence-electron chi connectivity index (χ4n) is 4.14. The number of carbonyl (C=O) groups is 1. The van der Waals surface area contributed by atoms with Crippen molar-refractivity contribution in [2.75, 3.05) is 0 Å². The summed E-state index contributed by atoms with van der Waals surface area (Å²) in [5, 5.41) is 7.02. The highest BCUT2D eigenvalue weighted by Gasteiger charge is 2.32. The van der Waals surface area contributed by atoms with Gasteiger partial charge >= 0.3 is 0 Å². The molecular weight excluding hydrogens is 272 g/mol. The molecule has 22 heavy (non-hydrogen) atoms. The van der Waals surface area contributed by atoms with Crippen molar-refractivity contribution in [2.24, 2.45) is 5.92 Å². The van der Waals surface area contributed by atoms with Gasteiger partial charge in [0.05, 0.1) is 0 Å². The van der Waals surface area contributed by atoms with E-state index in [1.165, 1.54) is 36.8 Å². The molecule has 0 spiro atoms. The van der Waals surface area contributed by atoms with Gasteiger partial charge in [-0.05, 0) is 56.1 Å². The van der Waals surface area contributed by atoms with Gasteiger partial charge < -0.3 is 10.6 Å². The zero-order valence-corrected chi connectivity index (χ0v) is 13.2. The molecule has 3 aliphatic carbocycles. The van der Waals surface area contributed by atoms with Crippen LogP contribution in [-0.2, 0) is 17.6 Å². The first-order valence-corrected chi connectivity index (χ1v) is 8.91. The summed E-state index contributed by atoms with van der Waals surface area (Å²) in [6.45, 7) is 0. The highest BCUT2D eigenvalue weighted by Crippen LogP contribution is 2.29. The lowest BCUT2D eigenvalue weighted by molar-refractivity contribution is -0.126. The summed E-state index contributed by atoms with van der Waals surface area (Å²) in [5.41, 5.74) is 3.00. The van der Waals surface area contributed by atoms with Gasteiger partial charge in [0.25, 0.3) is 0 Å². The maximum atomic E-state index is 12.3. The quantitative estimate of drug-likeness (QED) is 0.897. The molecule has 0 radical (unpaired) electrons. The van der Waals surface area contributed by atoms with Gasteiger partial charge in [0.2, 0.25) is 5.91 Å². The second kappa shape index (κ2) is 6.04. The van der Waals surface area contributed by atoms with E-state index in [0.29, 0.717) is 24.0 Å². The Labute approximate surface area is 132 Å². The SMILES string of the molecule is O=C(NC1CC1)[C@@H]1CCC[C@H](NC2Cc3ccccc3C2)C1. The van der Waals surface area contributed by atoms with Crippen LogP contribution in [0.25, 0.3) is 0 Å². The molecule has 0 aromatic heterocycles. The summed E-state index contributed by atoms with van der Waals surface area (Å²) in [6.07, 6.45) is 9.14. The average molecular weight is 298 g/mol. The third kappa shape index (κ3) is 3.19. The van der Waals surface area contributed by atoms with Crippen LogP contribution in [-0.4, -0.2) is 24.0 Å². The van der Waals surface area contributed by atoms with E-state index in [2.05, 4.69) is 34.9 Å². The van der Waals surface area contributed by atoms with Crippen LogP contribution in [0.1, 0.15) is 49.7 Å². The Hall–Kier alpha value is -1.35. The highest BCUT2D eigenvalue weighted by molar-refractivity contribution is 5.79. The third-order valence-electron chi connectivity index (χ3n) is 5.49. The lowest BCUT2D eigenvalue weighted by Crippen LogP contribution is -2.44. The van der Waals surface area contributed by atoms with Gasteiger partial charge in [-0.15, -0.1) is 0 Å². The van der Waals surface area contributed by atoms with E-state index in [-0.39, 0.29) is 5.92 Å². The van der Waals surface area contributed by atoms with E-state index in [0.717, 1.165) is 25.7 Å². The van der Waals surface area contributed by atoms with Gasteiger partial charge in [-0.25, -0.2) is 0 Å². The van der Waals surface area contributed by atoms with E-state index in [9.17, 15) is 4.79 Å². The minimum Gasteiger partial charge on any atom is -0.353 e. The summed E-state index contributed by atoms with van der Waals surface area (Å²) in [5.74, 6) is 0.541. The Morgan fingerprint density at radius 1 is 0.909 bits per heavy atom. The number of hydrogen-bond acceptors (Lipinski definition) is 2. The molecule has 0 bridgehead atoms. The van der Waals surface area contributed by atoms with E-state index in [4.69, 9.17) is 0 Å². The summed E-state index contributed by atoms with van der Waals surface area (Å²) in [7, 11) is 0. The van der Waals surface area contributed by atoms with Crippen LogP contribution in [0.15, 0.2) is 24.3 Å². The zero-order chi connectivity index (χ0) is 14.9. The van der Waals surface area contributed by atoms with Gasteiger partial charge in [-0.1, -0.05) is 30.7 Å². The molecule has 1 aromatic rings. The van der Waals surface area contributed by atoms with Gasteiger partial charge in [-0.3, -0.25) is 4.79 Å². The first-order valence-electron chi connectivity index (χ1n) is 8.91. The molecule has 2 atom stereocenters. The molecule has 1 amide bonds. The molecule has 2 N–H and O–H groups in total. The molecule has 0 aliphatic heterocycles. The maximum absolute atomic E-state index is 12.3. The number of fused-ring (bicyclic) bond motifs is 1. The molecule has 3 aliphatic rings. The minimum absolute atomic E-state index is 0.232. The van der Waals surface area contributed by atoms with Crippen LogP contribution in [0, 0.1) is 5.92 Å². The summed E-state index contributed by atoms with van der Waals surface area (Å²) < 4.78 is 0. The van der Waals surface area contributed by atoms with Gasteiger partial charge in [0.15, 0.2) is 0 Å². The first-order chi connectivity index (χ1) is 10.8. The van der Waals surface area contributed by atoms with Crippen molar-refractivity contribution in [1.82, 2.24) is 10.6 Å². The van der Waals surface area contributed by atoms with Gasteiger partial charge in [0.1, 0.15) is 0 Å². The molecule has 0 saturated heterocycles. The first kappa shape index (κ1) is 14.3. The van der Waals surface area contributed by atoms with E-state index in [1.807, 2.05) is 0 Å². The molecule has 0 unspecified atom stereocenters. The maximum Gasteiger partial charge on any atom is 0.223 e. The predicted octanol–water partition coefficient (Wildman–Crippen LogP) is 2.58. The van der Waals surface area contributed by atoms with Crippen molar-refractivity contribution in [2.45, 2.75) is 69.5 Å². The van der Waals surface area contributed by atoms with Gasteiger partial charge in [0, 0.05) is 24.0 Å². The average Bonchev–Trinajstić information content (AvgIpc) is 3.24. The van der Waals surface area contributed by atoms with Crippen LogP contribution in [0.2, 0.25) is 0 Å². The number of rotatable bonds is 4. The fourth-order valence-corrected chi connectivity index (χ4v) is 4.14. The molecule has 0 heterocycles. The Balaban J connectivity index is 1.30. The lowest BCUT2D eigenvalue weighted by Gasteiger charge is -2.31. The number of amides is 1. The molecule has 2 saturated carbocycles. The molecule has 118 valence electrons. The largest absolute Gasteiger partial charge is 0.353 e. The van der Waals surface area contributed by atoms with E-state index >= 15 is 0 Å². The molecule has 4 rings (SSSR count). The third-order valence-corrected chi connectivity index (χ3v) is 5.49. The molecule has 3 nitrogen and oxygen atoms in total. The minimum atomic E-state index is 0.232. The normalized spacial score (nSPS) is 28.4. The van der Waals surface area contributed by atoms with Crippen molar-refractivity contribution in [3.8, 4) is 0 Å². The van der Waals surface area contributed by atoms with E-state index < -0.39 is 0 Å². The number of carbonyl (C=O) groups excluding carboxylic acids is 1. The lowest BCUT2D eigenvalue weighted by atomic mass is 9.84. The predicted molar refractivity (Wildman–Crippen MR) is 87.7 cm³/mol. The topological polar surface area (TPSA) is 41.1 Å².